The number of nitrogens with zero attached hydrogens (tertiary/aromatic N) is 2. The fraction of sp³-hybridized carbons (Fsp3) is 0.273. The summed E-state index contributed by atoms with van der Waals surface area (Å²) in [5.74, 6) is 0.314. The molecule has 0 aliphatic rings. The quantitative estimate of drug-likeness (QED) is 0.262. The molecule has 1 aromatic heterocycles. The first-order valence-corrected chi connectivity index (χ1v) is 11.0. The van der Waals surface area contributed by atoms with E-state index >= 15 is 0 Å². The molecule has 0 saturated heterocycles. The van der Waals surface area contributed by atoms with Gasteiger partial charge in [-0.05, 0) is 73.2 Å². The molecule has 2 aromatic carbocycles. The van der Waals surface area contributed by atoms with Gasteiger partial charge < -0.3 is 19.2 Å². The Bertz CT molecular complexity index is 1280. The number of aromatic amines is 1. The highest BCUT2D eigenvalue weighted by molar-refractivity contribution is 14.1. The summed E-state index contributed by atoms with van der Waals surface area (Å²) >= 11 is 2.05. The van der Waals surface area contributed by atoms with Gasteiger partial charge in [-0.25, -0.2) is 9.59 Å². The zero-order chi connectivity index (χ0) is 23.3. The van der Waals surface area contributed by atoms with Crippen LogP contribution >= 0.6 is 22.6 Å². The van der Waals surface area contributed by atoms with Crippen molar-refractivity contribution in [2.45, 2.75) is 26.9 Å². The number of H-pyrrole nitrogens is 1. The van der Waals surface area contributed by atoms with Crippen molar-refractivity contribution in [1.29, 1.82) is 0 Å². The molecule has 0 saturated carbocycles. The Morgan fingerprint density at radius 2 is 1.97 bits per heavy atom. The molecule has 0 amide bonds. The number of carbonyl (C=O) groups is 1. The lowest BCUT2D eigenvalue weighted by Gasteiger charge is -2.18. The molecule has 10 heteroatoms. The first-order valence-electron chi connectivity index (χ1n) is 9.93. The van der Waals surface area contributed by atoms with Crippen LogP contribution in [-0.4, -0.2) is 41.2 Å². The van der Waals surface area contributed by atoms with Crippen LogP contribution in [0.3, 0.4) is 0 Å². The third-order valence-corrected chi connectivity index (χ3v) is 5.15. The maximum Gasteiger partial charge on any atom is 0.349 e. The zero-order valence-electron chi connectivity index (χ0n) is 17.8. The fourth-order valence-electron chi connectivity index (χ4n) is 2.91. The molecular formula is C22H22IN3O6. The molecule has 0 aliphatic carbocycles. The van der Waals surface area contributed by atoms with Crippen LogP contribution in [0.5, 0.6) is 11.5 Å². The number of carbonyl (C=O) groups excluding carboxylic acids is 1. The Balaban J connectivity index is 1.97. The van der Waals surface area contributed by atoms with Crippen LogP contribution in [0.2, 0.25) is 0 Å². The summed E-state index contributed by atoms with van der Waals surface area (Å²) in [6.07, 6.45) is 0.561. The molecule has 0 bridgehead atoms. The van der Waals surface area contributed by atoms with Crippen molar-refractivity contribution in [3.05, 3.63) is 66.4 Å². The summed E-state index contributed by atoms with van der Waals surface area (Å²) in [5, 5.41) is 4.43. The molecule has 3 rings (SSSR count). The molecule has 3 aromatic rings. The molecule has 0 spiro atoms. The molecule has 1 atom stereocenters. The third kappa shape index (κ3) is 5.18. The fourth-order valence-corrected chi connectivity index (χ4v) is 3.66. The number of ether oxygens (including phenoxy) is 3. The highest BCUT2D eigenvalue weighted by atomic mass is 127. The Kier molecular flexibility index (Phi) is 7.67. The summed E-state index contributed by atoms with van der Waals surface area (Å²) in [4.78, 5) is 39.5. The second-order valence-corrected chi connectivity index (χ2v) is 7.77. The molecule has 1 heterocycles. The Morgan fingerprint density at radius 3 is 2.69 bits per heavy atom. The van der Waals surface area contributed by atoms with Gasteiger partial charge in [0.1, 0.15) is 0 Å². The molecule has 1 N–H and O–H groups in total. The predicted octanol–water partition coefficient (Wildman–Crippen LogP) is 2.91. The SMILES string of the molecule is CCOC(=O)[C@H](C)Oc1c(I)cc(C=Nn2c(=O)[nH]c3ccccc3c2=O)cc1OCC. The summed E-state index contributed by atoms with van der Waals surface area (Å²) in [5.41, 5.74) is -0.149. The minimum atomic E-state index is -0.822. The summed E-state index contributed by atoms with van der Waals surface area (Å²) < 4.78 is 17.9. The van der Waals surface area contributed by atoms with Crippen molar-refractivity contribution >= 4 is 45.7 Å². The molecule has 9 nitrogen and oxygen atoms in total. The van der Waals surface area contributed by atoms with Gasteiger partial charge in [0, 0.05) is 0 Å². The number of nitrogens with one attached hydrogen (secondary N) is 1. The highest BCUT2D eigenvalue weighted by Gasteiger charge is 2.20. The van der Waals surface area contributed by atoms with Gasteiger partial charge in [-0.3, -0.25) is 4.79 Å². The van der Waals surface area contributed by atoms with E-state index in [9.17, 15) is 14.4 Å². The zero-order valence-corrected chi connectivity index (χ0v) is 19.9. The molecule has 0 fully saturated rings. The second kappa shape index (κ2) is 10.4. The number of rotatable bonds is 8. The second-order valence-electron chi connectivity index (χ2n) is 6.61. The van der Waals surface area contributed by atoms with Gasteiger partial charge in [0.05, 0.1) is 33.9 Å². The Hall–Kier alpha value is -3.15. The molecular weight excluding hydrogens is 529 g/mol. The predicted molar refractivity (Wildman–Crippen MR) is 129 cm³/mol. The van der Waals surface area contributed by atoms with Crippen LogP contribution in [0, 0.1) is 3.57 Å². The minimum Gasteiger partial charge on any atom is -0.490 e. The van der Waals surface area contributed by atoms with Crippen LogP contribution in [0.25, 0.3) is 10.9 Å². The van der Waals surface area contributed by atoms with E-state index < -0.39 is 23.3 Å². The van der Waals surface area contributed by atoms with E-state index in [0.717, 1.165) is 4.68 Å². The molecule has 0 aliphatic heterocycles. The van der Waals surface area contributed by atoms with Gasteiger partial charge >= 0.3 is 11.7 Å². The molecule has 0 radical (unpaired) electrons. The van der Waals surface area contributed by atoms with E-state index in [1.807, 2.05) is 6.92 Å². The normalized spacial score (nSPS) is 12.1. The van der Waals surface area contributed by atoms with Crippen molar-refractivity contribution < 1.29 is 19.0 Å². The average Bonchev–Trinajstić information content (AvgIpc) is 2.76. The monoisotopic (exact) mass is 551 g/mol. The van der Waals surface area contributed by atoms with Crippen LogP contribution < -0.4 is 20.7 Å². The van der Waals surface area contributed by atoms with Crippen molar-refractivity contribution in [2.24, 2.45) is 5.10 Å². The molecule has 32 heavy (non-hydrogen) atoms. The van der Waals surface area contributed by atoms with Gasteiger partial charge in [0.25, 0.3) is 5.56 Å². The van der Waals surface area contributed by atoms with Crippen LogP contribution in [0.4, 0.5) is 0 Å². The Labute approximate surface area is 197 Å². The average molecular weight is 551 g/mol. The lowest BCUT2D eigenvalue weighted by atomic mass is 10.2. The number of para-hydroxylation sites is 1. The number of hydrogen-bond acceptors (Lipinski definition) is 7. The van der Waals surface area contributed by atoms with Gasteiger partial charge in [-0.15, -0.1) is 4.68 Å². The summed E-state index contributed by atoms with van der Waals surface area (Å²) in [7, 11) is 0. The van der Waals surface area contributed by atoms with Crippen LogP contribution in [0.1, 0.15) is 26.3 Å². The van der Waals surface area contributed by atoms with E-state index in [1.54, 1.807) is 50.2 Å². The van der Waals surface area contributed by atoms with E-state index in [2.05, 4.69) is 32.7 Å². The van der Waals surface area contributed by atoms with Crippen molar-refractivity contribution in [2.75, 3.05) is 13.2 Å². The van der Waals surface area contributed by atoms with Gasteiger partial charge in [0.15, 0.2) is 17.6 Å². The molecule has 168 valence electrons. The number of aromatic nitrogens is 2. The Morgan fingerprint density at radius 1 is 1.22 bits per heavy atom. The van der Waals surface area contributed by atoms with E-state index in [0.29, 0.717) is 38.1 Å². The first kappa shape index (κ1) is 23.5. The standard InChI is InChI=1S/C22H22IN3O6/c1-4-30-18-11-14(10-16(23)19(18)32-13(3)21(28)31-5-2)12-24-26-20(27)15-8-6-7-9-17(15)25-22(26)29/h6-13H,4-5H2,1-3H3,(H,25,29)/t13-/m0/s1. The largest absolute Gasteiger partial charge is 0.490 e. The minimum absolute atomic E-state index is 0.255. The van der Waals surface area contributed by atoms with Crippen LogP contribution in [0.15, 0.2) is 51.1 Å². The number of hydrogen-bond donors (Lipinski definition) is 1. The van der Waals surface area contributed by atoms with Gasteiger partial charge in [-0.2, -0.15) is 5.10 Å². The van der Waals surface area contributed by atoms with Crippen molar-refractivity contribution in [1.82, 2.24) is 9.66 Å². The van der Waals surface area contributed by atoms with E-state index in [1.165, 1.54) is 6.21 Å². The summed E-state index contributed by atoms with van der Waals surface area (Å²) in [6, 6.07) is 10.1. The third-order valence-electron chi connectivity index (χ3n) is 4.35. The smallest absolute Gasteiger partial charge is 0.349 e. The number of esters is 1. The lowest BCUT2D eigenvalue weighted by molar-refractivity contribution is -0.150. The number of fused-ring (bicyclic) bond motifs is 1. The van der Waals surface area contributed by atoms with Crippen molar-refractivity contribution in [3.63, 3.8) is 0 Å². The maximum atomic E-state index is 12.6. The highest BCUT2D eigenvalue weighted by Crippen LogP contribution is 2.34. The summed E-state index contributed by atoms with van der Waals surface area (Å²) in [6.45, 7) is 5.76. The van der Waals surface area contributed by atoms with Gasteiger partial charge in [0.2, 0.25) is 0 Å². The molecule has 0 unspecified atom stereocenters. The van der Waals surface area contributed by atoms with Gasteiger partial charge in [-0.1, -0.05) is 12.1 Å². The van der Waals surface area contributed by atoms with E-state index in [4.69, 9.17) is 14.2 Å². The first-order chi connectivity index (χ1) is 15.3. The van der Waals surface area contributed by atoms with Crippen LogP contribution in [-0.2, 0) is 9.53 Å². The number of benzene rings is 2. The number of halogens is 1. The maximum absolute atomic E-state index is 12.6. The lowest BCUT2D eigenvalue weighted by Crippen LogP contribution is -2.32. The van der Waals surface area contributed by atoms with Crippen molar-refractivity contribution in [3.8, 4) is 11.5 Å². The van der Waals surface area contributed by atoms with E-state index in [-0.39, 0.29) is 6.61 Å². The topological polar surface area (TPSA) is 112 Å².